The van der Waals surface area contributed by atoms with E-state index >= 15 is 0 Å². The van der Waals surface area contributed by atoms with Crippen molar-refractivity contribution in [3.63, 3.8) is 0 Å². The maximum absolute atomic E-state index is 12.2. The van der Waals surface area contributed by atoms with Gasteiger partial charge < -0.3 is 9.84 Å². The summed E-state index contributed by atoms with van der Waals surface area (Å²) in [4.78, 5) is 16.4. The molecule has 0 fully saturated rings. The van der Waals surface area contributed by atoms with Gasteiger partial charge in [0.05, 0.1) is 13.0 Å². The van der Waals surface area contributed by atoms with E-state index in [0.717, 1.165) is 16.9 Å². The van der Waals surface area contributed by atoms with Crippen molar-refractivity contribution in [1.82, 2.24) is 15.5 Å². The number of sulfonamides is 1. The molecule has 0 aliphatic carbocycles. The fraction of sp³-hybridized carbons (Fsp3) is 0.316. The molecule has 1 aromatic carbocycles. The van der Waals surface area contributed by atoms with Crippen LogP contribution in [0.3, 0.4) is 0 Å². The minimum atomic E-state index is -3.59. The lowest BCUT2D eigenvalue weighted by Gasteiger charge is -2.10. The minimum Gasteiger partial charge on any atom is -0.348 e. The third kappa shape index (κ3) is 5.64. The highest BCUT2D eigenvalue weighted by Crippen LogP contribution is 2.21. The molecule has 3 rings (SSSR count). The van der Waals surface area contributed by atoms with Gasteiger partial charge in [-0.1, -0.05) is 44.1 Å². The number of nitrogens with zero attached hydrogens (tertiary/aromatic N) is 2. The SMILES string of the molecule is CC(C)(C)c1nc(CNC(=O)Cc2ccc(NS(=O)(=O)c3cccs3)cc2)no1. The Labute approximate surface area is 173 Å². The second-order valence-electron chi connectivity index (χ2n) is 7.45. The van der Waals surface area contributed by atoms with Crippen LogP contribution in [0.2, 0.25) is 0 Å². The number of rotatable bonds is 7. The van der Waals surface area contributed by atoms with Gasteiger partial charge in [-0.15, -0.1) is 11.3 Å². The Kier molecular flexibility index (Phi) is 6.04. The molecule has 3 aromatic rings. The van der Waals surface area contributed by atoms with Crippen molar-refractivity contribution in [2.45, 2.75) is 43.4 Å². The standard InChI is InChI=1S/C19H22N4O4S2/c1-19(2,3)18-21-15(22-27-18)12-20-16(24)11-13-6-8-14(9-7-13)23-29(25,26)17-5-4-10-28-17/h4-10,23H,11-12H2,1-3H3,(H,20,24). The van der Waals surface area contributed by atoms with Crippen LogP contribution in [-0.2, 0) is 33.2 Å². The number of amides is 1. The summed E-state index contributed by atoms with van der Waals surface area (Å²) in [6.07, 6.45) is 0.155. The van der Waals surface area contributed by atoms with Gasteiger partial charge in [0, 0.05) is 11.1 Å². The summed E-state index contributed by atoms with van der Waals surface area (Å²) in [5, 5.41) is 8.32. The molecular weight excluding hydrogens is 412 g/mol. The molecule has 29 heavy (non-hydrogen) atoms. The van der Waals surface area contributed by atoms with Crippen molar-refractivity contribution >= 4 is 33.0 Å². The van der Waals surface area contributed by atoms with Crippen LogP contribution in [-0.4, -0.2) is 24.5 Å². The summed E-state index contributed by atoms with van der Waals surface area (Å²) < 4.78 is 32.4. The fourth-order valence-electron chi connectivity index (χ4n) is 2.37. The smallest absolute Gasteiger partial charge is 0.271 e. The average molecular weight is 435 g/mol. The highest BCUT2D eigenvalue weighted by atomic mass is 32.2. The number of carbonyl (C=O) groups is 1. The fourth-order valence-corrected chi connectivity index (χ4v) is 4.42. The maximum atomic E-state index is 12.2. The Morgan fingerprint density at radius 2 is 1.90 bits per heavy atom. The summed E-state index contributed by atoms with van der Waals surface area (Å²) in [5.74, 6) is 0.739. The van der Waals surface area contributed by atoms with Gasteiger partial charge in [-0.05, 0) is 29.1 Å². The first-order valence-corrected chi connectivity index (χ1v) is 11.2. The average Bonchev–Trinajstić information content (AvgIpc) is 3.33. The summed E-state index contributed by atoms with van der Waals surface area (Å²) in [5.41, 5.74) is 0.941. The van der Waals surface area contributed by atoms with Crippen LogP contribution in [0.1, 0.15) is 38.0 Å². The van der Waals surface area contributed by atoms with E-state index in [4.69, 9.17) is 4.52 Å². The van der Waals surface area contributed by atoms with Gasteiger partial charge in [-0.2, -0.15) is 4.98 Å². The molecule has 154 valence electrons. The molecule has 0 saturated carbocycles. The van der Waals surface area contributed by atoms with Crippen LogP contribution in [0.5, 0.6) is 0 Å². The minimum absolute atomic E-state index is 0.155. The van der Waals surface area contributed by atoms with Crippen LogP contribution in [0.15, 0.2) is 50.5 Å². The number of benzene rings is 1. The molecular formula is C19H22N4O4S2. The van der Waals surface area contributed by atoms with Crippen LogP contribution < -0.4 is 10.0 Å². The normalized spacial score (nSPS) is 12.0. The Balaban J connectivity index is 1.53. The molecule has 0 saturated heterocycles. The second-order valence-corrected chi connectivity index (χ2v) is 10.3. The molecule has 1 amide bonds. The molecule has 0 spiro atoms. The van der Waals surface area contributed by atoms with E-state index in [1.54, 1.807) is 41.8 Å². The predicted molar refractivity (Wildman–Crippen MR) is 110 cm³/mol. The van der Waals surface area contributed by atoms with E-state index in [9.17, 15) is 13.2 Å². The Hall–Kier alpha value is -2.72. The molecule has 0 bridgehead atoms. The van der Waals surface area contributed by atoms with Gasteiger partial charge in [0.1, 0.15) is 4.21 Å². The summed E-state index contributed by atoms with van der Waals surface area (Å²) in [6, 6.07) is 9.89. The van der Waals surface area contributed by atoms with Gasteiger partial charge in [0.15, 0.2) is 5.82 Å². The van der Waals surface area contributed by atoms with Crippen molar-refractivity contribution in [3.05, 3.63) is 59.1 Å². The topological polar surface area (TPSA) is 114 Å². The number of nitrogens with one attached hydrogen (secondary N) is 2. The lowest BCUT2D eigenvalue weighted by Crippen LogP contribution is -2.25. The van der Waals surface area contributed by atoms with Crippen molar-refractivity contribution < 1.29 is 17.7 Å². The van der Waals surface area contributed by atoms with Gasteiger partial charge in [-0.25, -0.2) is 8.42 Å². The first-order chi connectivity index (χ1) is 13.6. The van der Waals surface area contributed by atoms with Crippen LogP contribution >= 0.6 is 11.3 Å². The summed E-state index contributed by atoms with van der Waals surface area (Å²) >= 11 is 1.15. The Bertz CT molecular complexity index is 1070. The molecule has 8 nitrogen and oxygen atoms in total. The van der Waals surface area contributed by atoms with E-state index < -0.39 is 10.0 Å². The highest BCUT2D eigenvalue weighted by molar-refractivity contribution is 7.94. The molecule has 0 radical (unpaired) electrons. The maximum Gasteiger partial charge on any atom is 0.271 e. The van der Waals surface area contributed by atoms with Crippen LogP contribution in [0.4, 0.5) is 5.69 Å². The first kappa shape index (κ1) is 21.0. The van der Waals surface area contributed by atoms with E-state index in [2.05, 4.69) is 20.2 Å². The van der Waals surface area contributed by atoms with Crippen molar-refractivity contribution in [1.29, 1.82) is 0 Å². The van der Waals surface area contributed by atoms with Gasteiger partial charge in [0.25, 0.3) is 10.0 Å². The monoisotopic (exact) mass is 434 g/mol. The summed E-state index contributed by atoms with van der Waals surface area (Å²) in [6.45, 7) is 6.07. The van der Waals surface area contributed by atoms with Gasteiger partial charge in [0.2, 0.25) is 11.8 Å². The van der Waals surface area contributed by atoms with Crippen molar-refractivity contribution in [2.75, 3.05) is 4.72 Å². The number of hydrogen-bond acceptors (Lipinski definition) is 7. The summed E-state index contributed by atoms with van der Waals surface area (Å²) in [7, 11) is -3.59. The number of aromatic nitrogens is 2. The molecule has 2 heterocycles. The lowest BCUT2D eigenvalue weighted by molar-refractivity contribution is -0.120. The number of hydrogen-bond donors (Lipinski definition) is 2. The van der Waals surface area contributed by atoms with E-state index in [0.29, 0.717) is 17.4 Å². The quantitative estimate of drug-likeness (QED) is 0.591. The van der Waals surface area contributed by atoms with Crippen molar-refractivity contribution in [3.8, 4) is 0 Å². The highest BCUT2D eigenvalue weighted by Gasteiger charge is 2.21. The zero-order chi connectivity index (χ0) is 21.1. The predicted octanol–water partition coefficient (Wildman–Crippen LogP) is 3.09. The Morgan fingerprint density at radius 3 is 2.48 bits per heavy atom. The molecule has 0 unspecified atom stereocenters. The van der Waals surface area contributed by atoms with E-state index in [1.807, 2.05) is 20.8 Å². The Morgan fingerprint density at radius 1 is 1.17 bits per heavy atom. The third-order valence-electron chi connectivity index (χ3n) is 3.88. The molecule has 0 aliphatic rings. The first-order valence-electron chi connectivity index (χ1n) is 8.88. The molecule has 2 N–H and O–H groups in total. The molecule has 2 aromatic heterocycles. The lowest BCUT2D eigenvalue weighted by atomic mass is 9.97. The van der Waals surface area contributed by atoms with Crippen LogP contribution in [0, 0.1) is 0 Å². The number of thiophene rings is 1. The second kappa shape index (κ2) is 8.34. The number of anilines is 1. The van der Waals surface area contributed by atoms with Crippen molar-refractivity contribution in [2.24, 2.45) is 0 Å². The van der Waals surface area contributed by atoms with E-state index in [1.165, 1.54) is 0 Å². The zero-order valence-corrected chi connectivity index (χ0v) is 17.9. The molecule has 10 heteroatoms. The van der Waals surface area contributed by atoms with Crippen LogP contribution in [0.25, 0.3) is 0 Å². The van der Waals surface area contributed by atoms with Gasteiger partial charge in [-0.3, -0.25) is 9.52 Å². The molecule has 0 atom stereocenters. The molecule has 0 aliphatic heterocycles. The number of carbonyl (C=O) groups excluding carboxylic acids is 1. The largest absolute Gasteiger partial charge is 0.348 e. The van der Waals surface area contributed by atoms with Gasteiger partial charge >= 0.3 is 0 Å². The van der Waals surface area contributed by atoms with E-state index in [-0.39, 0.29) is 28.5 Å². The zero-order valence-electron chi connectivity index (χ0n) is 16.3. The third-order valence-corrected chi connectivity index (χ3v) is 6.66.